The third kappa shape index (κ3) is 3.89. The molecular formula is C23H26ClFN4O2. The first-order chi connectivity index (χ1) is 15.0. The lowest BCUT2D eigenvalue weighted by atomic mass is 9.91. The minimum absolute atomic E-state index is 0.0732. The van der Waals surface area contributed by atoms with Crippen molar-refractivity contribution in [2.45, 2.75) is 56.9 Å². The molecule has 0 bridgehead atoms. The van der Waals surface area contributed by atoms with Crippen molar-refractivity contribution in [3.8, 4) is 0 Å². The fraction of sp³-hybridized carbons (Fsp3) is 0.522. The Bertz CT molecular complexity index is 1170. The molecule has 0 spiro atoms. The molecule has 3 aromatic rings. The number of hydrogen-bond donors (Lipinski definition) is 0. The second-order valence-corrected chi connectivity index (χ2v) is 9.20. The summed E-state index contributed by atoms with van der Waals surface area (Å²) in [5, 5.41) is 4.96. The molecule has 2 aromatic heterocycles. The Morgan fingerprint density at radius 2 is 2.03 bits per heavy atom. The van der Waals surface area contributed by atoms with Gasteiger partial charge in [0.2, 0.25) is 0 Å². The van der Waals surface area contributed by atoms with Gasteiger partial charge in [-0.3, -0.25) is 9.36 Å². The summed E-state index contributed by atoms with van der Waals surface area (Å²) in [7, 11) is 0. The molecule has 2 aliphatic heterocycles. The maximum absolute atomic E-state index is 13.4. The summed E-state index contributed by atoms with van der Waals surface area (Å²) in [5.74, 6) is 0.718. The van der Waals surface area contributed by atoms with Crippen LogP contribution in [0.2, 0.25) is 0 Å². The quantitative estimate of drug-likeness (QED) is 0.560. The molecule has 8 heteroatoms. The van der Waals surface area contributed by atoms with Crippen LogP contribution in [-0.4, -0.2) is 39.2 Å². The molecule has 6 nitrogen and oxygen atoms in total. The summed E-state index contributed by atoms with van der Waals surface area (Å²) >= 11 is 6.38. The Kier molecular flexibility index (Phi) is 5.56. The van der Waals surface area contributed by atoms with Crippen molar-refractivity contribution < 1.29 is 8.91 Å². The van der Waals surface area contributed by atoms with E-state index in [0.717, 1.165) is 73.5 Å². The molecule has 1 atom stereocenters. The zero-order valence-electron chi connectivity index (χ0n) is 17.6. The van der Waals surface area contributed by atoms with E-state index in [9.17, 15) is 9.18 Å². The molecule has 164 valence electrons. The number of rotatable bonds is 4. The molecule has 1 aromatic carbocycles. The highest BCUT2D eigenvalue weighted by atomic mass is 35.5. The van der Waals surface area contributed by atoms with Gasteiger partial charge in [0.15, 0.2) is 5.58 Å². The number of benzene rings is 1. The highest BCUT2D eigenvalue weighted by Crippen LogP contribution is 2.33. The van der Waals surface area contributed by atoms with Crippen molar-refractivity contribution >= 4 is 22.6 Å². The standard InChI is InChI=1S/C23H26ClFN4O2/c1-14-17(23(30)29-9-2-3-19(24)22(29)26-14)8-12-28-10-6-15(7-11-28)21-18-5-4-16(25)13-20(18)31-27-21/h4-5,13,15,19H,2-3,6-12H2,1H3. The molecule has 4 heterocycles. The Hall–Kier alpha value is -2.25. The molecular weight excluding hydrogens is 419 g/mol. The second kappa shape index (κ2) is 8.36. The average Bonchev–Trinajstić information content (AvgIpc) is 3.18. The summed E-state index contributed by atoms with van der Waals surface area (Å²) in [6.07, 6.45) is 4.42. The molecule has 0 N–H and O–H groups in total. The van der Waals surface area contributed by atoms with Crippen molar-refractivity contribution in [3.05, 3.63) is 57.1 Å². The van der Waals surface area contributed by atoms with E-state index in [1.807, 2.05) is 6.92 Å². The van der Waals surface area contributed by atoms with Crippen LogP contribution in [-0.2, 0) is 13.0 Å². The maximum atomic E-state index is 13.4. The second-order valence-electron chi connectivity index (χ2n) is 8.67. The molecule has 2 aliphatic rings. The van der Waals surface area contributed by atoms with Gasteiger partial charge in [-0.2, -0.15) is 0 Å². The molecule has 5 rings (SSSR count). The number of aryl methyl sites for hydroxylation is 1. The van der Waals surface area contributed by atoms with Crippen molar-refractivity contribution in [1.82, 2.24) is 19.6 Å². The number of hydrogen-bond acceptors (Lipinski definition) is 5. The Morgan fingerprint density at radius 1 is 1.23 bits per heavy atom. The normalized spacial score (nSPS) is 20.3. The number of nitrogens with zero attached hydrogens (tertiary/aromatic N) is 4. The lowest BCUT2D eigenvalue weighted by Gasteiger charge is -2.31. The van der Waals surface area contributed by atoms with Gasteiger partial charge in [-0.15, -0.1) is 11.6 Å². The summed E-state index contributed by atoms with van der Waals surface area (Å²) in [6.45, 7) is 5.32. The van der Waals surface area contributed by atoms with Crippen molar-refractivity contribution in [2.24, 2.45) is 0 Å². The van der Waals surface area contributed by atoms with Crippen molar-refractivity contribution in [2.75, 3.05) is 19.6 Å². The van der Waals surface area contributed by atoms with Crippen LogP contribution in [0.15, 0.2) is 27.5 Å². The predicted octanol–water partition coefficient (Wildman–Crippen LogP) is 4.33. The molecule has 0 amide bonds. The highest BCUT2D eigenvalue weighted by molar-refractivity contribution is 6.20. The van der Waals surface area contributed by atoms with E-state index in [0.29, 0.717) is 24.5 Å². The van der Waals surface area contributed by atoms with Crippen LogP contribution in [0.25, 0.3) is 11.0 Å². The van der Waals surface area contributed by atoms with Gasteiger partial charge < -0.3 is 9.42 Å². The van der Waals surface area contributed by atoms with E-state index >= 15 is 0 Å². The predicted molar refractivity (Wildman–Crippen MR) is 117 cm³/mol. The number of fused-ring (bicyclic) bond motifs is 2. The third-order valence-corrected chi connectivity index (χ3v) is 7.15. The minimum atomic E-state index is -0.311. The fourth-order valence-electron chi connectivity index (χ4n) is 4.95. The topological polar surface area (TPSA) is 64.2 Å². The monoisotopic (exact) mass is 444 g/mol. The van der Waals surface area contributed by atoms with Gasteiger partial charge in [0, 0.05) is 41.7 Å². The van der Waals surface area contributed by atoms with Gasteiger partial charge in [0.05, 0.1) is 11.1 Å². The van der Waals surface area contributed by atoms with Crippen LogP contribution in [0.1, 0.15) is 59.8 Å². The van der Waals surface area contributed by atoms with Crippen LogP contribution < -0.4 is 5.56 Å². The van der Waals surface area contributed by atoms with Crippen molar-refractivity contribution in [1.29, 1.82) is 0 Å². The number of alkyl halides is 1. The van der Waals surface area contributed by atoms with Gasteiger partial charge in [0.1, 0.15) is 11.6 Å². The number of likely N-dealkylation sites (tertiary alicyclic amines) is 1. The molecule has 1 saturated heterocycles. The number of piperidine rings is 1. The van der Waals surface area contributed by atoms with E-state index in [1.165, 1.54) is 12.1 Å². The van der Waals surface area contributed by atoms with Gasteiger partial charge in [-0.25, -0.2) is 9.37 Å². The SMILES string of the molecule is Cc1nc2n(c(=O)c1CCN1CCC(c3noc4cc(F)ccc34)CC1)CCCC2Cl. The zero-order valence-corrected chi connectivity index (χ0v) is 18.4. The Balaban J connectivity index is 1.24. The molecule has 0 saturated carbocycles. The summed E-state index contributed by atoms with van der Waals surface area (Å²) in [4.78, 5) is 20.1. The summed E-state index contributed by atoms with van der Waals surface area (Å²) in [5.41, 5.74) is 3.12. The van der Waals surface area contributed by atoms with Gasteiger partial charge in [0.25, 0.3) is 5.56 Å². The van der Waals surface area contributed by atoms with Gasteiger partial charge >= 0.3 is 0 Å². The molecule has 31 heavy (non-hydrogen) atoms. The van der Waals surface area contributed by atoms with Crippen LogP contribution >= 0.6 is 11.6 Å². The number of aromatic nitrogens is 3. The molecule has 0 radical (unpaired) electrons. The molecule has 1 fully saturated rings. The van der Waals surface area contributed by atoms with Crippen LogP contribution in [0.4, 0.5) is 4.39 Å². The van der Waals surface area contributed by atoms with E-state index in [1.54, 1.807) is 10.6 Å². The first-order valence-electron chi connectivity index (χ1n) is 11.0. The lowest BCUT2D eigenvalue weighted by molar-refractivity contribution is 0.211. The third-order valence-electron chi connectivity index (χ3n) is 6.73. The van der Waals surface area contributed by atoms with E-state index in [4.69, 9.17) is 16.1 Å². The Labute approximate surface area is 185 Å². The van der Waals surface area contributed by atoms with Gasteiger partial charge in [-0.1, -0.05) is 5.16 Å². The van der Waals surface area contributed by atoms with Crippen molar-refractivity contribution in [3.63, 3.8) is 0 Å². The van der Waals surface area contributed by atoms with E-state index < -0.39 is 0 Å². The molecule has 0 aliphatic carbocycles. The number of halogens is 2. The molecule has 1 unspecified atom stereocenters. The van der Waals surface area contributed by atoms with Crippen LogP contribution in [0.3, 0.4) is 0 Å². The maximum Gasteiger partial charge on any atom is 0.257 e. The highest BCUT2D eigenvalue weighted by Gasteiger charge is 2.27. The van der Waals surface area contributed by atoms with E-state index in [2.05, 4.69) is 15.0 Å². The average molecular weight is 445 g/mol. The first kappa shape index (κ1) is 20.6. The van der Waals surface area contributed by atoms with E-state index in [-0.39, 0.29) is 16.8 Å². The zero-order chi connectivity index (χ0) is 21.5. The van der Waals surface area contributed by atoms with Crippen LogP contribution in [0, 0.1) is 12.7 Å². The fourth-order valence-corrected chi connectivity index (χ4v) is 5.27. The smallest absolute Gasteiger partial charge is 0.257 e. The Morgan fingerprint density at radius 3 is 2.84 bits per heavy atom. The largest absolute Gasteiger partial charge is 0.356 e. The minimum Gasteiger partial charge on any atom is -0.356 e. The summed E-state index contributed by atoms with van der Waals surface area (Å²) in [6, 6.07) is 4.60. The first-order valence-corrected chi connectivity index (χ1v) is 11.5. The summed E-state index contributed by atoms with van der Waals surface area (Å²) < 4.78 is 20.5. The lowest BCUT2D eigenvalue weighted by Crippen LogP contribution is -2.37. The van der Waals surface area contributed by atoms with Crippen LogP contribution in [0.5, 0.6) is 0 Å². The van der Waals surface area contributed by atoms with Gasteiger partial charge in [-0.05, 0) is 64.3 Å².